The molecule has 0 saturated heterocycles. The minimum absolute atomic E-state index is 0.177. The highest BCUT2D eigenvalue weighted by Gasteiger charge is 2.11. The van der Waals surface area contributed by atoms with Gasteiger partial charge in [-0.25, -0.2) is 0 Å². The van der Waals surface area contributed by atoms with Gasteiger partial charge in [0, 0.05) is 22.9 Å². The minimum Gasteiger partial charge on any atom is -0.497 e. The molecule has 4 rings (SSSR count). The highest BCUT2D eigenvalue weighted by atomic mass is 16.5. The van der Waals surface area contributed by atoms with E-state index in [1.807, 2.05) is 49.4 Å². The Balaban J connectivity index is 1.66. The molecule has 29 heavy (non-hydrogen) atoms. The number of carbonyl (C=O) groups excluding carboxylic acids is 1. The predicted octanol–water partition coefficient (Wildman–Crippen LogP) is 5.03. The van der Waals surface area contributed by atoms with Crippen LogP contribution in [0.1, 0.15) is 15.9 Å². The third kappa shape index (κ3) is 3.75. The summed E-state index contributed by atoms with van der Waals surface area (Å²) in [5.41, 5.74) is 3.07. The average molecular weight is 385 g/mol. The van der Waals surface area contributed by atoms with Crippen LogP contribution in [0.3, 0.4) is 0 Å². The van der Waals surface area contributed by atoms with Crippen LogP contribution in [0.25, 0.3) is 22.3 Å². The smallest absolute Gasteiger partial charge is 0.255 e. The Morgan fingerprint density at radius 2 is 1.72 bits per heavy atom. The fourth-order valence-corrected chi connectivity index (χ4v) is 3.16. The van der Waals surface area contributed by atoms with Crippen molar-refractivity contribution < 1.29 is 13.9 Å². The molecule has 144 valence electrons. The summed E-state index contributed by atoms with van der Waals surface area (Å²) in [6.45, 7) is 1.88. The molecule has 0 unspecified atom stereocenters. The number of aryl methyl sites for hydroxylation is 1. The van der Waals surface area contributed by atoms with Crippen molar-refractivity contribution in [1.82, 2.24) is 0 Å². The molecule has 1 aromatic heterocycles. The van der Waals surface area contributed by atoms with Crippen molar-refractivity contribution in [3.8, 4) is 17.1 Å². The van der Waals surface area contributed by atoms with E-state index in [-0.39, 0.29) is 11.3 Å². The van der Waals surface area contributed by atoms with Crippen molar-refractivity contribution in [2.45, 2.75) is 6.92 Å². The number of methoxy groups -OCH3 is 1. The lowest BCUT2D eigenvalue weighted by Crippen LogP contribution is -2.13. The topological polar surface area (TPSA) is 68.5 Å². The van der Waals surface area contributed by atoms with Gasteiger partial charge in [0.05, 0.1) is 12.5 Å². The van der Waals surface area contributed by atoms with Crippen LogP contribution in [0.5, 0.6) is 5.75 Å². The first kappa shape index (κ1) is 18.5. The number of fused-ring (bicyclic) bond motifs is 1. The molecule has 0 aliphatic rings. The molecule has 0 aliphatic carbocycles. The molecule has 0 saturated carbocycles. The summed E-state index contributed by atoms with van der Waals surface area (Å²) in [4.78, 5) is 25.2. The van der Waals surface area contributed by atoms with Crippen molar-refractivity contribution in [3.63, 3.8) is 0 Å². The van der Waals surface area contributed by atoms with Gasteiger partial charge < -0.3 is 14.5 Å². The van der Waals surface area contributed by atoms with Gasteiger partial charge in [0.15, 0.2) is 5.43 Å². The Kier molecular flexibility index (Phi) is 4.87. The van der Waals surface area contributed by atoms with Crippen LogP contribution >= 0.6 is 0 Å². The van der Waals surface area contributed by atoms with Crippen LogP contribution in [0, 0.1) is 6.92 Å². The largest absolute Gasteiger partial charge is 0.497 e. The van der Waals surface area contributed by atoms with Gasteiger partial charge in [-0.2, -0.15) is 0 Å². The van der Waals surface area contributed by atoms with E-state index in [1.54, 1.807) is 31.4 Å². The summed E-state index contributed by atoms with van der Waals surface area (Å²) >= 11 is 0. The van der Waals surface area contributed by atoms with E-state index >= 15 is 0 Å². The highest BCUT2D eigenvalue weighted by Crippen LogP contribution is 2.25. The number of anilines is 1. The average Bonchev–Trinajstić information content (AvgIpc) is 2.74. The van der Waals surface area contributed by atoms with Crippen molar-refractivity contribution in [2.75, 3.05) is 12.4 Å². The van der Waals surface area contributed by atoms with Crippen LogP contribution < -0.4 is 15.5 Å². The Morgan fingerprint density at radius 1 is 0.966 bits per heavy atom. The first-order valence-electron chi connectivity index (χ1n) is 9.14. The molecule has 0 spiro atoms. The summed E-state index contributed by atoms with van der Waals surface area (Å²) in [6, 6.07) is 21.1. The number of nitrogens with one attached hydrogen (secondary N) is 1. The van der Waals surface area contributed by atoms with E-state index in [9.17, 15) is 9.59 Å². The van der Waals surface area contributed by atoms with E-state index in [0.29, 0.717) is 28.0 Å². The third-order valence-electron chi connectivity index (χ3n) is 4.75. The van der Waals surface area contributed by atoms with Crippen LogP contribution in [-0.2, 0) is 0 Å². The molecule has 0 aliphatic heterocycles. The number of hydrogen-bond acceptors (Lipinski definition) is 4. The second-order valence-corrected chi connectivity index (χ2v) is 6.68. The monoisotopic (exact) mass is 385 g/mol. The van der Waals surface area contributed by atoms with Gasteiger partial charge in [0.2, 0.25) is 0 Å². The molecule has 0 radical (unpaired) electrons. The van der Waals surface area contributed by atoms with Gasteiger partial charge in [0.25, 0.3) is 5.91 Å². The number of benzene rings is 3. The van der Waals surface area contributed by atoms with E-state index in [4.69, 9.17) is 9.15 Å². The maximum absolute atomic E-state index is 12.7. The second-order valence-electron chi connectivity index (χ2n) is 6.68. The Bertz CT molecular complexity index is 1260. The number of amides is 1. The summed E-state index contributed by atoms with van der Waals surface area (Å²) in [7, 11) is 1.60. The van der Waals surface area contributed by atoms with E-state index in [1.165, 1.54) is 6.07 Å². The molecule has 5 heteroatoms. The van der Waals surface area contributed by atoms with Crippen molar-refractivity contribution in [1.29, 1.82) is 0 Å². The number of ether oxygens (including phenoxy) is 1. The van der Waals surface area contributed by atoms with Gasteiger partial charge in [-0.05, 0) is 61.0 Å². The van der Waals surface area contributed by atoms with Gasteiger partial charge in [-0.1, -0.05) is 18.2 Å². The van der Waals surface area contributed by atoms with Gasteiger partial charge in [0.1, 0.15) is 17.1 Å². The van der Waals surface area contributed by atoms with E-state index in [0.717, 1.165) is 16.9 Å². The maximum Gasteiger partial charge on any atom is 0.255 e. The molecular weight excluding hydrogens is 366 g/mol. The van der Waals surface area contributed by atoms with Gasteiger partial charge in [-0.15, -0.1) is 0 Å². The molecule has 0 atom stereocenters. The molecule has 1 amide bonds. The molecule has 1 heterocycles. The molecule has 4 aromatic rings. The molecule has 1 N–H and O–H groups in total. The van der Waals surface area contributed by atoms with Gasteiger partial charge >= 0.3 is 0 Å². The summed E-state index contributed by atoms with van der Waals surface area (Å²) in [5.74, 6) is 0.981. The molecule has 3 aromatic carbocycles. The number of rotatable bonds is 4. The standard InChI is InChI=1S/C24H19NO4/c1-15-5-3-4-6-19(15)24(27)25-17-9-12-22-20(13-17)21(26)14-23(29-22)16-7-10-18(28-2)11-8-16/h3-14H,1-2H3,(H,25,27). The zero-order chi connectivity index (χ0) is 20.4. The van der Waals surface area contributed by atoms with E-state index in [2.05, 4.69) is 5.32 Å². The first-order chi connectivity index (χ1) is 14.0. The fraction of sp³-hybridized carbons (Fsp3) is 0.0833. The van der Waals surface area contributed by atoms with Crippen molar-refractivity contribution in [2.24, 2.45) is 0 Å². The molecule has 5 nitrogen and oxygen atoms in total. The normalized spacial score (nSPS) is 10.7. The second kappa shape index (κ2) is 7.64. The lowest BCUT2D eigenvalue weighted by atomic mass is 10.1. The Labute approximate surface area is 167 Å². The quantitative estimate of drug-likeness (QED) is 0.535. The zero-order valence-electron chi connectivity index (χ0n) is 16.1. The van der Waals surface area contributed by atoms with Crippen LogP contribution in [0.4, 0.5) is 5.69 Å². The zero-order valence-corrected chi connectivity index (χ0v) is 16.1. The number of hydrogen-bond donors (Lipinski definition) is 1. The van der Waals surface area contributed by atoms with Crippen molar-refractivity contribution >= 4 is 22.6 Å². The Hall–Kier alpha value is -3.86. The molecule has 0 fully saturated rings. The first-order valence-corrected chi connectivity index (χ1v) is 9.14. The van der Waals surface area contributed by atoms with Crippen LogP contribution in [-0.4, -0.2) is 13.0 Å². The van der Waals surface area contributed by atoms with Crippen LogP contribution in [0.15, 0.2) is 82.0 Å². The number of carbonyl (C=O) groups is 1. The lowest BCUT2D eigenvalue weighted by molar-refractivity contribution is 0.102. The summed E-state index contributed by atoms with van der Waals surface area (Å²) in [6.07, 6.45) is 0. The Morgan fingerprint density at radius 3 is 2.45 bits per heavy atom. The van der Waals surface area contributed by atoms with Crippen LogP contribution in [0.2, 0.25) is 0 Å². The highest BCUT2D eigenvalue weighted by molar-refractivity contribution is 6.06. The molecule has 0 bridgehead atoms. The third-order valence-corrected chi connectivity index (χ3v) is 4.75. The predicted molar refractivity (Wildman–Crippen MR) is 114 cm³/mol. The lowest BCUT2D eigenvalue weighted by Gasteiger charge is -2.09. The fourth-order valence-electron chi connectivity index (χ4n) is 3.16. The SMILES string of the molecule is COc1ccc(-c2cc(=O)c3cc(NC(=O)c4ccccc4C)ccc3o2)cc1. The van der Waals surface area contributed by atoms with Crippen molar-refractivity contribution in [3.05, 3.63) is 94.1 Å². The minimum atomic E-state index is -0.221. The van der Waals surface area contributed by atoms with E-state index < -0.39 is 0 Å². The maximum atomic E-state index is 12.7. The summed E-state index contributed by atoms with van der Waals surface area (Å²) < 4.78 is 11.1. The summed E-state index contributed by atoms with van der Waals surface area (Å²) in [5, 5.41) is 3.25. The van der Waals surface area contributed by atoms with Gasteiger partial charge in [-0.3, -0.25) is 9.59 Å². The molecular formula is C24H19NO4.